The molecule has 8 aromatic carbocycles. The van der Waals surface area contributed by atoms with Gasteiger partial charge in [0.25, 0.3) is 0 Å². The molecule has 3 heterocycles. The summed E-state index contributed by atoms with van der Waals surface area (Å²) in [5.41, 5.74) is 14.0. The zero-order chi connectivity index (χ0) is 35.6. The Hall–Kier alpha value is -7.37. The monoisotopic (exact) mass is 689 g/mol. The van der Waals surface area contributed by atoms with Crippen LogP contribution in [0.4, 0.5) is 34.1 Å². The van der Waals surface area contributed by atoms with Crippen LogP contribution in [0.25, 0.3) is 67.2 Å². The molecule has 0 unspecified atom stereocenters. The minimum absolute atomic E-state index is 0.626. The fourth-order valence-electron chi connectivity index (χ4n) is 8.23. The molecule has 0 spiro atoms. The van der Waals surface area contributed by atoms with Crippen LogP contribution in [-0.2, 0) is 0 Å². The summed E-state index contributed by atoms with van der Waals surface area (Å²) in [5, 5.41) is 2.39. The van der Waals surface area contributed by atoms with E-state index in [0.717, 1.165) is 67.5 Å². The first kappa shape index (κ1) is 30.3. The van der Waals surface area contributed by atoms with Crippen molar-refractivity contribution in [1.29, 1.82) is 0 Å². The van der Waals surface area contributed by atoms with Crippen LogP contribution in [0.1, 0.15) is 0 Å². The van der Waals surface area contributed by atoms with Gasteiger partial charge in [-0.1, -0.05) is 152 Å². The van der Waals surface area contributed by atoms with Gasteiger partial charge in [0.2, 0.25) is 0 Å². The van der Waals surface area contributed by atoms with Crippen LogP contribution in [0.15, 0.2) is 188 Å². The van der Waals surface area contributed by atoms with E-state index < -0.39 is 0 Å². The molecule has 5 heteroatoms. The number of hydrogen-bond acceptors (Lipinski definition) is 5. The minimum Gasteiger partial charge on any atom is -0.306 e. The van der Waals surface area contributed by atoms with Crippen molar-refractivity contribution in [3.8, 4) is 56.4 Å². The van der Waals surface area contributed by atoms with E-state index >= 15 is 0 Å². The highest BCUT2D eigenvalue weighted by Crippen LogP contribution is 2.63. The number of aromatic nitrogens is 3. The van der Waals surface area contributed by atoms with E-state index in [1.165, 1.54) is 16.3 Å². The van der Waals surface area contributed by atoms with Gasteiger partial charge in [-0.25, -0.2) is 15.0 Å². The van der Waals surface area contributed by atoms with Crippen LogP contribution < -0.4 is 9.80 Å². The van der Waals surface area contributed by atoms with Gasteiger partial charge in [0.05, 0.1) is 28.4 Å². The number of anilines is 6. The molecule has 9 aromatic rings. The SMILES string of the molecule is c1ccc(-c2nc(-c3ccccc3)nc(-c3cccc4c3-c3ccccc3-c3c5c(cc6ccccc36)N(c3ccccc3)c3ccccc3N45)n2)cc1. The average molecular weight is 690 g/mol. The molecule has 5 nitrogen and oxygen atoms in total. The lowest BCUT2D eigenvalue weighted by Crippen LogP contribution is -2.24. The second kappa shape index (κ2) is 12.1. The minimum atomic E-state index is 0.626. The maximum atomic E-state index is 5.24. The van der Waals surface area contributed by atoms with E-state index in [1.807, 2.05) is 36.4 Å². The predicted molar refractivity (Wildman–Crippen MR) is 221 cm³/mol. The largest absolute Gasteiger partial charge is 0.306 e. The number of fused-ring (bicyclic) bond motifs is 9. The highest BCUT2D eigenvalue weighted by atomic mass is 15.3. The molecular weight excluding hydrogens is 659 g/mol. The maximum Gasteiger partial charge on any atom is 0.164 e. The molecule has 0 radical (unpaired) electrons. The third-order valence-corrected chi connectivity index (χ3v) is 10.5. The third kappa shape index (κ3) is 4.62. The molecule has 0 bridgehead atoms. The molecule has 0 amide bonds. The first-order chi connectivity index (χ1) is 26.8. The van der Waals surface area contributed by atoms with Crippen molar-refractivity contribution in [2.45, 2.75) is 0 Å². The molecule has 252 valence electrons. The highest BCUT2D eigenvalue weighted by molar-refractivity contribution is 6.20. The summed E-state index contributed by atoms with van der Waals surface area (Å²) in [6, 6.07) is 66.3. The van der Waals surface area contributed by atoms with E-state index in [-0.39, 0.29) is 0 Å². The van der Waals surface area contributed by atoms with Gasteiger partial charge in [-0.15, -0.1) is 0 Å². The second-order valence-corrected chi connectivity index (χ2v) is 13.6. The topological polar surface area (TPSA) is 45.2 Å². The van der Waals surface area contributed by atoms with Crippen molar-refractivity contribution in [3.63, 3.8) is 0 Å². The van der Waals surface area contributed by atoms with Crippen molar-refractivity contribution in [2.24, 2.45) is 0 Å². The number of nitrogens with zero attached hydrogens (tertiary/aromatic N) is 5. The van der Waals surface area contributed by atoms with Gasteiger partial charge in [0.1, 0.15) is 0 Å². The predicted octanol–water partition coefficient (Wildman–Crippen LogP) is 12.9. The molecule has 2 aliphatic heterocycles. The maximum absolute atomic E-state index is 5.24. The van der Waals surface area contributed by atoms with Crippen molar-refractivity contribution in [1.82, 2.24) is 15.0 Å². The van der Waals surface area contributed by atoms with Crippen LogP contribution in [0.3, 0.4) is 0 Å². The third-order valence-electron chi connectivity index (χ3n) is 10.5. The Kier molecular flexibility index (Phi) is 6.79. The molecule has 0 fully saturated rings. The molecule has 0 saturated heterocycles. The Labute approximate surface area is 313 Å². The lowest BCUT2D eigenvalue weighted by atomic mass is 9.88. The molecule has 11 rings (SSSR count). The fraction of sp³-hybridized carbons (Fsp3) is 0. The van der Waals surface area contributed by atoms with Crippen LogP contribution in [0.2, 0.25) is 0 Å². The van der Waals surface area contributed by atoms with Crippen molar-refractivity contribution >= 4 is 44.9 Å². The van der Waals surface area contributed by atoms with E-state index in [4.69, 9.17) is 15.0 Å². The molecule has 0 saturated carbocycles. The summed E-state index contributed by atoms with van der Waals surface area (Å²) in [7, 11) is 0. The molecule has 2 aliphatic rings. The molecule has 0 N–H and O–H groups in total. The smallest absolute Gasteiger partial charge is 0.164 e. The van der Waals surface area contributed by atoms with Gasteiger partial charge in [-0.2, -0.15) is 0 Å². The van der Waals surface area contributed by atoms with Crippen molar-refractivity contribution in [2.75, 3.05) is 9.80 Å². The zero-order valence-electron chi connectivity index (χ0n) is 29.1. The first-order valence-corrected chi connectivity index (χ1v) is 18.2. The van der Waals surface area contributed by atoms with Gasteiger partial charge in [-0.05, 0) is 58.3 Å². The van der Waals surface area contributed by atoms with Gasteiger partial charge >= 0.3 is 0 Å². The number of para-hydroxylation sites is 3. The molecule has 0 atom stereocenters. The molecule has 54 heavy (non-hydrogen) atoms. The molecular formula is C49H31N5. The molecule has 1 aromatic heterocycles. The zero-order valence-corrected chi connectivity index (χ0v) is 29.1. The van der Waals surface area contributed by atoms with Gasteiger partial charge in [0, 0.05) is 33.5 Å². The Morgan fingerprint density at radius 3 is 1.52 bits per heavy atom. The first-order valence-electron chi connectivity index (χ1n) is 18.2. The van der Waals surface area contributed by atoms with Crippen LogP contribution in [-0.4, -0.2) is 15.0 Å². The Balaban J connectivity index is 1.27. The van der Waals surface area contributed by atoms with E-state index in [9.17, 15) is 0 Å². The van der Waals surface area contributed by atoms with Gasteiger partial charge in [-0.3, -0.25) is 0 Å². The fourth-order valence-corrected chi connectivity index (χ4v) is 8.23. The van der Waals surface area contributed by atoms with E-state index in [2.05, 4.69) is 161 Å². The normalized spacial score (nSPS) is 12.4. The lowest BCUT2D eigenvalue weighted by molar-refractivity contribution is 1.07. The van der Waals surface area contributed by atoms with Gasteiger partial charge < -0.3 is 9.80 Å². The van der Waals surface area contributed by atoms with Crippen LogP contribution in [0.5, 0.6) is 0 Å². The van der Waals surface area contributed by atoms with E-state index in [0.29, 0.717) is 17.5 Å². The highest BCUT2D eigenvalue weighted by Gasteiger charge is 2.38. The summed E-state index contributed by atoms with van der Waals surface area (Å²) >= 11 is 0. The number of rotatable bonds is 4. The Morgan fingerprint density at radius 2 is 0.833 bits per heavy atom. The second-order valence-electron chi connectivity index (χ2n) is 13.6. The summed E-state index contributed by atoms with van der Waals surface area (Å²) in [5.74, 6) is 1.90. The number of hydrogen-bond donors (Lipinski definition) is 0. The lowest BCUT2D eigenvalue weighted by Gasteiger charge is -2.41. The van der Waals surface area contributed by atoms with E-state index in [1.54, 1.807) is 0 Å². The van der Waals surface area contributed by atoms with Gasteiger partial charge in [0.15, 0.2) is 17.5 Å². The summed E-state index contributed by atoms with van der Waals surface area (Å²) in [4.78, 5) is 20.4. The van der Waals surface area contributed by atoms with Crippen molar-refractivity contribution in [3.05, 3.63) is 188 Å². The quantitative estimate of drug-likeness (QED) is 0.184. The summed E-state index contributed by atoms with van der Waals surface area (Å²) < 4.78 is 0. The van der Waals surface area contributed by atoms with Crippen LogP contribution >= 0.6 is 0 Å². The number of benzene rings is 8. The standard InChI is InChI=1S/C49H31N5/c1-4-17-32(18-5-1)47-50-48(33-19-6-2-7-20-33)52-49(51-47)39-27-16-30-42-44(39)37-25-12-13-26-38(37)45-36-24-11-10-21-34(36)31-43-46(45)54(42)41-29-15-14-28-40(41)53(43)35-22-8-3-9-23-35/h1-31H. The Morgan fingerprint density at radius 1 is 0.333 bits per heavy atom. The summed E-state index contributed by atoms with van der Waals surface area (Å²) in [6.07, 6.45) is 0. The average Bonchev–Trinajstić information content (AvgIpc) is 3.38. The van der Waals surface area contributed by atoms with Crippen LogP contribution in [0, 0.1) is 0 Å². The Bertz CT molecular complexity index is 2830. The molecule has 0 aliphatic carbocycles. The summed E-state index contributed by atoms with van der Waals surface area (Å²) in [6.45, 7) is 0. The van der Waals surface area contributed by atoms with Crippen molar-refractivity contribution < 1.29 is 0 Å².